The summed E-state index contributed by atoms with van der Waals surface area (Å²) in [4.78, 5) is 0. The molecule has 6 atom stereocenters. The maximum atomic E-state index is 11.5. The van der Waals surface area contributed by atoms with Gasteiger partial charge in [0.2, 0.25) is 0 Å². The molecule has 0 heterocycles. The zero-order valence-corrected chi connectivity index (χ0v) is 19.7. The van der Waals surface area contributed by atoms with Gasteiger partial charge in [-0.15, -0.1) is 0 Å². The molecule has 170 valence electrons. The van der Waals surface area contributed by atoms with Gasteiger partial charge in [0, 0.05) is 0 Å². The van der Waals surface area contributed by atoms with E-state index in [1.54, 1.807) is 0 Å². The van der Waals surface area contributed by atoms with Crippen LogP contribution in [0.3, 0.4) is 0 Å². The molecule has 0 aliphatic heterocycles. The Balaban J connectivity index is 1.75. The molecule has 3 aliphatic rings. The average Bonchev–Trinajstić information content (AvgIpc) is 3.05. The standard InChI is InChI=1S/C27H44O3/c1-18(2)24(29)14-16-27(5,30)25-13-12-23-20(7-6-15-26(23,25)4)9-10-21-17-22(28)11-8-19(21)3/h9-10,18,22-25,28-30H,3,6-8,11-17H2,1-2,4-5H3/b20-9+,21-10-/t22-,23-,24-,25-,26-,27-/m0/s1. The van der Waals surface area contributed by atoms with Crippen molar-refractivity contribution in [3.8, 4) is 0 Å². The normalized spacial score (nSPS) is 38.1. The van der Waals surface area contributed by atoms with Gasteiger partial charge in [-0.3, -0.25) is 0 Å². The highest BCUT2D eigenvalue weighted by molar-refractivity contribution is 5.36. The molecule has 0 bridgehead atoms. The third-order valence-electron chi connectivity index (χ3n) is 8.62. The number of hydrogen-bond acceptors (Lipinski definition) is 3. The molecule has 3 fully saturated rings. The highest BCUT2D eigenvalue weighted by atomic mass is 16.3. The highest BCUT2D eigenvalue weighted by Crippen LogP contribution is 2.60. The van der Waals surface area contributed by atoms with Crippen LogP contribution >= 0.6 is 0 Å². The van der Waals surface area contributed by atoms with Gasteiger partial charge in [-0.2, -0.15) is 0 Å². The summed E-state index contributed by atoms with van der Waals surface area (Å²) in [6.07, 6.45) is 13.4. The van der Waals surface area contributed by atoms with Gasteiger partial charge in [0.15, 0.2) is 0 Å². The molecule has 0 aromatic heterocycles. The van der Waals surface area contributed by atoms with Crippen LogP contribution < -0.4 is 0 Å². The minimum Gasteiger partial charge on any atom is -0.393 e. The van der Waals surface area contributed by atoms with E-state index in [2.05, 4.69) is 25.7 Å². The summed E-state index contributed by atoms with van der Waals surface area (Å²) >= 11 is 0. The van der Waals surface area contributed by atoms with E-state index in [1.165, 1.54) is 29.6 Å². The van der Waals surface area contributed by atoms with Gasteiger partial charge >= 0.3 is 0 Å². The van der Waals surface area contributed by atoms with E-state index in [-0.39, 0.29) is 29.5 Å². The largest absolute Gasteiger partial charge is 0.393 e. The predicted molar refractivity (Wildman–Crippen MR) is 124 cm³/mol. The fraction of sp³-hybridized carbons (Fsp3) is 0.778. The third kappa shape index (κ3) is 4.95. The second kappa shape index (κ2) is 9.30. The zero-order chi connectivity index (χ0) is 22.1. The van der Waals surface area contributed by atoms with E-state index < -0.39 is 5.60 Å². The first-order valence-corrected chi connectivity index (χ1v) is 12.2. The Labute approximate surface area is 184 Å². The molecule has 0 spiro atoms. The minimum atomic E-state index is -0.734. The van der Waals surface area contributed by atoms with Gasteiger partial charge in [-0.05, 0) is 99.9 Å². The van der Waals surface area contributed by atoms with Crippen molar-refractivity contribution < 1.29 is 15.3 Å². The summed E-state index contributed by atoms with van der Waals surface area (Å²) in [6, 6.07) is 0. The van der Waals surface area contributed by atoms with Crippen LogP contribution in [-0.4, -0.2) is 33.1 Å². The molecule has 0 radical (unpaired) electrons. The lowest BCUT2D eigenvalue weighted by atomic mass is 9.59. The molecule has 3 nitrogen and oxygen atoms in total. The lowest BCUT2D eigenvalue weighted by molar-refractivity contribution is -0.0722. The SMILES string of the molecule is C=C1CC[C@H](O)C/C1=C/C=C1\CCC[C@@]2(C)[C@H]1CC[C@@H]2[C@@](C)(O)CC[C@H](O)C(C)C. The summed E-state index contributed by atoms with van der Waals surface area (Å²) < 4.78 is 0. The van der Waals surface area contributed by atoms with Crippen LogP contribution in [0, 0.1) is 23.2 Å². The van der Waals surface area contributed by atoms with Gasteiger partial charge in [-0.25, -0.2) is 0 Å². The molecular formula is C27H44O3. The van der Waals surface area contributed by atoms with Crippen molar-refractivity contribution in [2.45, 2.75) is 110 Å². The van der Waals surface area contributed by atoms with Gasteiger partial charge in [0.1, 0.15) is 0 Å². The Morgan fingerprint density at radius 1 is 1.20 bits per heavy atom. The molecule has 3 rings (SSSR count). The quantitative estimate of drug-likeness (QED) is 0.520. The number of aliphatic hydroxyl groups is 3. The lowest BCUT2D eigenvalue weighted by Crippen LogP contribution is -2.45. The average molecular weight is 417 g/mol. The summed E-state index contributed by atoms with van der Waals surface area (Å²) in [5, 5.41) is 31.7. The third-order valence-corrected chi connectivity index (χ3v) is 8.62. The molecule has 3 N–H and O–H groups in total. The maximum Gasteiger partial charge on any atom is 0.0654 e. The highest BCUT2D eigenvalue weighted by Gasteiger charge is 2.54. The molecule has 0 amide bonds. The molecule has 0 aromatic carbocycles. The van der Waals surface area contributed by atoms with Crippen molar-refractivity contribution >= 4 is 0 Å². The monoisotopic (exact) mass is 416 g/mol. The molecule has 3 heteroatoms. The minimum absolute atomic E-state index is 0.123. The molecule has 3 saturated carbocycles. The number of hydrogen-bond donors (Lipinski definition) is 3. The summed E-state index contributed by atoms with van der Waals surface area (Å²) in [7, 11) is 0. The van der Waals surface area contributed by atoms with Crippen LogP contribution in [0.4, 0.5) is 0 Å². The Bertz CT molecular complexity index is 686. The molecule has 30 heavy (non-hydrogen) atoms. The van der Waals surface area contributed by atoms with Crippen molar-refractivity contribution in [1.82, 2.24) is 0 Å². The van der Waals surface area contributed by atoms with E-state index in [1.807, 2.05) is 20.8 Å². The van der Waals surface area contributed by atoms with Gasteiger partial charge < -0.3 is 15.3 Å². The summed E-state index contributed by atoms with van der Waals surface area (Å²) in [6.45, 7) is 12.7. The number of fused-ring (bicyclic) bond motifs is 1. The fourth-order valence-corrected chi connectivity index (χ4v) is 6.60. The maximum absolute atomic E-state index is 11.5. The fourth-order valence-electron chi connectivity index (χ4n) is 6.60. The Morgan fingerprint density at radius 2 is 1.93 bits per heavy atom. The van der Waals surface area contributed by atoms with Crippen LogP contribution in [0.15, 0.2) is 35.5 Å². The van der Waals surface area contributed by atoms with E-state index in [0.29, 0.717) is 18.8 Å². The van der Waals surface area contributed by atoms with Crippen molar-refractivity contribution in [3.05, 3.63) is 35.5 Å². The molecule has 3 aliphatic carbocycles. The first kappa shape index (κ1) is 23.8. The first-order chi connectivity index (χ1) is 14.0. The van der Waals surface area contributed by atoms with Crippen molar-refractivity contribution in [2.24, 2.45) is 23.2 Å². The van der Waals surface area contributed by atoms with E-state index in [9.17, 15) is 15.3 Å². The summed E-state index contributed by atoms with van der Waals surface area (Å²) in [5.41, 5.74) is 3.29. The Morgan fingerprint density at radius 3 is 2.63 bits per heavy atom. The first-order valence-electron chi connectivity index (χ1n) is 12.2. The number of rotatable bonds is 6. The summed E-state index contributed by atoms with van der Waals surface area (Å²) in [5.74, 6) is 1.03. The molecule has 0 aromatic rings. The Hall–Kier alpha value is -0.900. The van der Waals surface area contributed by atoms with E-state index in [4.69, 9.17) is 0 Å². The van der Waals surface area contributed by atoms with Gasteiger partial charge in [-0.1, -0.05) is 50.6 Å². The predicted octanol–water partition coefficient (Wildman–Crippen LogP) is 5.70. The van der Waals surface area contributed by atoms with Crippen LogP contribution in [-0.2, 0) is 0 Å². The van der Waals surface area contributed by atoms with Crippen molar-refractivity contribution in [3.63, 3.8) is 0 Å². The van der Waals surface area contributed by atoms with Crippen LogP contribution in [0.25, 0.3) is 0 Å². The lowest BCUT2D eigenvalue weighted by Gasteiger charge is -2.47. The number of aliphatic hydroxyl groups excluding tert-OH is 2. The van der Waals surface area contributed by atoms with Gasteiger partial charge in [0.05, 0.1) is 17.8 Å². The van der Waals surface area contributed by atoms with Crippen LogP contribution in [0.2, 0.25) is 0 Å². The van der Waals surface area contributed by atoms with Crippen LogP contribution in [0.5, 0.6) is 0 Å². The van der Waals surface area contributed by atoms with Crippen molar-refractivity contribution in [1.29, 1.82) is 0 Å². The molecule has 0 saturated heterocycles. The van der Waals surface area contributed by atoms with E-state index >= 15 is 0 Å². The number of allylic oxidation sites excluding steroid dienone is 4. The molecular weight excluding hydrogens is 372 g/mol. The topological polar surface area (TPSA) is 60.7 Å². The smallest absolute Gasteiger partial charge is 0.0654 e. The van der Waals surface area contributed by atoms with Crippen LogP contribution in [0.1, 0.15) is 91.9 Å². The van der Waals surface area contributed by atoms with E-state index in [0.717, 1.165) is 38.5 Å². The van der Waals surface area contributed by atoms with Gasteiger partial charge in [0.25, 0.3) is 0 Å². The second-order valence-corrected chi connectivity index (χ2v) is 11.2. The second-order valence-electron chi connectivity index (χ2n) is 11.2. The zero-order valence-electron chi connectivity index (χ0n) is 19.7. The molecule has 0 unspecified atom stereocenters. The van der Waals surface area contributed by atoms with Crippen molar-refractivity contribution in [2.75, 3.05) is 0 Å². The Kier molecular flexibility index (Phi) is 7.37.